The van der Waals surface area contributed by atoms with E-state index in [2.05, 4.69) is 24.0 Å². The fraction of sp³-hybridized carbons (Fsp3) is 0.500. The van der Waals surface area contributed by atoms with Crippen molar-refractivity contribution in [2.24, 2.45) is 5.92 Å². The predicted octanol–water partition coefficient (Wildman–Crippen LogP) is 2.54. The lowest BCUT2D eigenvalue weighted by Crippen LogP contribution is -2.18. The molecule has 1 saturated heterocycles. The van der Waals surface area contributed by atoms with Crippen LogP contribution in [0.1, 0.15) is 13.3 Å². The molecule has 0 aromatic heterocycles. The van der Waals surface area contributed by atoms with Crippen LogP contribution >= 0.6 is 0 Å². The van der Waals surface area contributed by atoms with Crippen molar-refractivity contribution < 1.29 is 4.74 Å². The third kappa shape index (κ3) is 1.84. The van der Waals surface area contributed by atoms with Crippen LogP contribution in [0.15, 0.2) is 24.3 Å². The van der Waals surface area contributed by atoms with Crippen molar-refractivity contribution in [3.8, 4) is 5.75 Å². The molecule has 0 aliphatic carbocycles. The van der Waals surface area contributed by atoms with Crippen LogP contribution in [0.5, 0.6) is 5.75 Å². The SMILES string of the molecule is COc1ccc(N2CCC(C)C2)cc1. The first kappa shape index (κ1) is 9.38. The summed E-state index contributed by atoms with van der Waals surface area (Å²) >= 11 is 0. The summed E-state index contributed by atoms with van der Waals surface area (Å²) in [4.78, 5) is 2.43. The molecule has 0 spiro atoms. The normalized spacial score (nSPS) is 21.3. The first-order valence-electron chi connectivity index (χ1n) is 5.18. The fourth-order valence-electron chi connectivity index (χ4n) is 1.96. The highest BCUT2D eigenvalue weighted by Crippen LogP contribution is 2.25. The lowest BCUT2D eigenvalue weighted by molar-refractivity contribution is 0.415. The molecule has 14 heavy (non-hydrogen) atoms. The zero-order valence-electron chi connectivity index (χ0n) is 8.86. The van der Waals surface area contributed by atoms with E-state index >= 15 is 0 Å². The second-order valence-corrected chi connectivity index (χ2v) is 4.04. The van der Waals surface area contributed by atoms with Gasteiger partial charge in [-0.25, -0.2) is 0 Å². The molecule has 0 N–H and O–H groups in total. The molecule has 2 rings (SSSR count). The van der Waals surface area contributed by atoms with Gasteiger partial charge in [-0.2, -0.15) is 0 Å². The van der Waals surface area contributed by atoms with Gasteiger partial charge >= 0.3 is 0 Å². The second-order valence-electron chi connectivity index (χ2n) is 4.04. The van der Waals surface area contributed by atoms with Crippen molar-refractivity contribution in [1.29, 1.82) is 0 Å². The van der Waals surface area contributed by atoms with E-state index in [1.165, 1.54) is 25.2 Å². The maximum atomic E-state index is 5.13. The lowest BCUT2D eigenvalue weighted by Gasteiger charge is -2.18. The number of rotatable bonds is 2. The average molecular weight is 191 g/mol. The van der Waals surface area contributed by atoms with Crippen molar-refractivity contribution in [2.75, 3.05) is 25.1 Å². The first-order chi connectivity index (χ1) is 6.79. The average Bonchev–Trinajstić information content (AvgIpc) is 2.65. The minimum absolute atomic E-state index is 0.831. The Hall–Kier alpha value is -1.18. The summed E-state index contributed by atoms with van der Waals surface area (Å²) in [6, 6.07) is 8.32. The van der Waals surface area contributed by atoms with Gasteiger partial charge in [0.15, 0.2) is 0 Å². The standard InChI is InChI=1S/C12H17NO/c1-10-7-8-13(9-10)11-3-5-12(14-2)6-4-11/h3-6,10H,7-9H2,1-2H3. The Morgan fingerprint density at radius 1 is 1.29 bits per heavy atom. The maximum absolute atomic E-state index is 5.13. The Bertz CT molecular complexity index is 294. The van der Waals surface area contributed by atoms with Crippen LogP contribution in [0.2, 0.25) is 0 Å². The molecule has 1 aromatic rings. The minimum Gasteiger partial charge on any atom is -0.497 e. The lowest BCUT2D eigenvalue weighted by atomic mass is 10.2. The molecule has 2 heteroatoms. The van der Waals surface area contributed by atoms with Crippen LogP contribution in [0, 0.1) is 5.92 Å². The quantitative estimate of drug-likeness (QED) is 0.712. The Balaban J connectivity index is 2.09. The molecule has 1 aromatic carbocycles. The maximum Gasteiger partial charge on any atom is 0.119 e. The van der Waals surface area contributed by atoms with E-state index in [9.17, 15) is 0 Å². The van der Waals surface area contributed by atoms with Gasteiger partial charge in [-0.05, 0) is 36.6 Å². The van der Waals surface area contributed by atoms with Crippen molar-refractivity contribution >= 4 is 5.69 Å². The highest BCUT2D eigenvalue weighted by molar-refractivity contribution is 5.49. The van der Waals surface area contributed by atoms with Crippen LogP contribution in [-0.4, -0.2) is 20.2 Å². The van der Waals surface area contributed by atoms with Gasteiger partial charge in [0, 0.05) is 18.8 Å². The Kier molecular flexibility index (Phi) is 2.62. The van der Waals surface area contributed by atoms with Crippen LogP contribution in [0.25, 0.3) is 0 Å². The van der Waals surface area contributed by atoms with Gasteiger partial charge in [-0.3, -0.25) is 0 Å². The molecule has 76 valence electrons. The summed E-state index contributed by atoms with van der Waals surface area (Å²) in [6.45, 7) is 4.68. The van der Waals surface area contributed by atoms with Gasteiger partial charge < -0.3 is 9.64 Å². The third-order valence-corrected chi connectivity index (χ3v) is 2.86. The predicted molar refractivity (Wildman–Crippen MR) is 59.0 cm³/mol. The number of nitrogens with zero attached hydrogens (tertiary/aromatic N) is 1. The van der Waals surface area contributed by atoms with Gasteiger partial charge in [0.05, 0.1) is 7.11 Å². The molecular weight excluding hydrogens is 174 g/mol. The minimum atomic E-state index is 0.831. The third-order valence-electron chi connectivity index (χ3n) is 2.86. The van der Waals surface area contributed by atoms with Crippen molar-refractivity contribution in [2.45, 2.75) is 13.3 Å². The molecule has 1 aliphatic rings. The van der Waals surface area contributed by atoms with Gasteiger partial charge in [0.2, 0.25) is 0 Å². The summed E-state index contributed by atoms with van der Waals surface area (Å²) in [5, 5.41) is 0. The number of ether oxygens (including phenoxy) is 1. The summed E-state index contributed by atoms with van der Waals surface area (Å²) in [6.07, 6.45) is 1.31. The van der Waals surface area contributed by atoms with Crippen LogP contribution in [0.3, 0.4) is 0 Å². The fourth-order valence-corrected chi connectivity index (χ4v) is 1.96. The van der Waals surface area contributed by atoms with Gasteiger partial charge in [-0.15, -0.1) is 0 Å². The number of methoxy groups -OCH3 is 1. The molecule has 0 amide bonds. The van der Waals surface area contributed by atoms with Crippen molar-refractivity contribution in [1.82, 2.24) is 0 Å². The van der Waals surface area contributed by atoms with E-state index in [4.69, 9.17) is 4.74 Å². The van der Waals surface area contributed by atoms with Crippen LogP contribution in [-0.2, 0) is 0 Å². The van der Waals surface area contributed by atoms with Crippen molar-refractivity contribution in [3.05, 3.63) is 24.3 Å². The number of hydrogen-bond acceptors (Lipinski definition) is 2. The zero-order chi connectivity index (χ0) is 9.97. The summed E-state index contributed by atoms with van der Waals surface area (Å²) in [5.74, 6) is 1.76. The van der Waals surface area contributed by atoms with Gasteiger partial charge in [-0.1, -0.05) is 6.92 Å². The molecule has 0 saturated carbocycles. The van der Waals surface area contributed by atoms with Gasteiger partial charge in [0.1, 0.15) is 5.75 Å². The Morgan fingerprint density at radius 2 is 2.00 bits per heavy atom. The van der Waals surface area contributed by atoms with E-state index in [0.717, 1.165) is 11.7 Å². The topological polar surface area (TPSA) is 12.5 Å². The van der Waals surface area contributed by atoms with E-state index in [0.29, 0.717) is 0 Å². The first-order valence-corrected chi connectivity index (χ1v) is 5.18. The number of hydrogen-bond donors (Lipinski definition) is 0. The molecule has 0 bridgehead atoms. The number of anilines is 1. The van der Waals surface area contributed by atoms with Crippen molar-refractivity contribution in [3.63, 3.8) is 0 Å². The largest absolute Gasteiger partial charge is 0.497 e. The summed E-state index contributed by atoms with van der Waals surface area (Å²) in [7, 11) is 1.70. The molecule has 1 fully saturated rings. The Morgan fingerprint density at radius 3 is 2.50 bits per heavy atom. The monoisotopic (exact) mass is 191 g/mol. The smallest absolute Gasteiger partial charge is 0.119 e. The second kappa shape index (κ2) is 3.91. The van der Waals surface area contributed by atoms with Gasteiger partial charge in [0.25, 0.3) is 0 Å². The molecule has 1 heterocycles. The van der Waals surface area contributed by atoms with Crippen LogP contribution < -0.4 is 9.64 Å². The molecule has 1 unspecified atom stereocenters. The Labute approximate surface area is 85.5 Å². The molecule has 1 atom stereocenters. The summed E-state index contributed by atoms with van der Waals surface area (Å²) in [5.41, 5.74) is 1.31. The van der Waals surface area contributed by atoms with E-state index in [-0.39, 0.29) is 0 Å². The van der Waals surface area contributed by atoms with E-state index < -0.39 is 0 Å². The zero-order valence-corrected chi connectivity index (χ0v) is 8.86. The van der Waals surface area contributed by atoms with E-state index in [1.54, 1.807) is 7.11 Å². The molecule has 1 aliphatic heterocycles. The molecule has 0 radical (unpaired) electrons. The highest BCUT2D eigenvalue weighted by Gasteiger charge is 2.18. The summed E-state index contributed by atoms with van der Waals surface area (Å²) < 4.78 is 5.13. The highest BCUT2D eigenvalue weighted by atomic mass is 16.5. The van der Waals surface area contributed by atoms with E-state index in [1.807, 2.05) is 12.1 Å². The number of benzene rings is 1. The van der Waals surface area contributed by atoms with Crippen LogP contribution in [0.4, 0.5) is 5.69 Å². The molecule has 2 nitrogen and oxygen atoms in total. The molecular formula is C12H17NO.